The highest BCUT2D eigenvalue weighted by Crippen LogP contribution is 2.69. The smallest absolute Gasteiger partial charge is 0.305 e. The molecule has 0 spiro atoms. The Morgan fingerprint density at radius 3 is 2.86 bits per heavy atom. The summed E-state index contributed by atoms with van der Waals surface area (Å²) in [6.45, 7) is 10.2. The monoisotopic (exact) mass is 292 g/mol. The zero-order valence-electron chi connectivity index (χ0n) is 13.0. The van der Waals surface area contributed by atoms with E-state index in [0.29, 0.717) is 11.8 Å². The summed E-state index contributed by atoms with van der Waals surface area (Å²) in [6.07, 6.45) is 3.05. The second-order valence-corrected chi connectivity index (χ2v) is 7.17. The van der Waals surface area contributed by atoms with Gasteiger partial charge < -0.3 is 14.6 Å². The van der Waals surface area contributed by atoms with Crippen LogP contribution in [-0.2, 0) is 14.3 Å². The molecule has 2 saturated carbocycles. The lowest BCUT2D eigenvalue weighted by Crippen LogP contribution is -2.40. The largest absolute Gasteiger partial charge is 0.462 e. The Labute approximate surface area is 125 Å². The molecule has 116 valence electrons. The van der Waals surface area contributed by atoms with Crippen LogP contribution in [0.4, 0.5) is 0 Å². The SMILES string of the molecule is C=C1CCC2C(C3C(CO)=COC(OC(C)=O)C13)C2(C)C. The third kappa shape index (κ3) is 2.20. The van der Waals surface area contributed by atoms with E-state index >= 15 is 0 Å². The second-order valence-electron chi connectivity index (χ2n) is 7.17. The van der Waals surface area contributed by atoms with Crippen LogP contribution in [-0.4, -0.2) is 24.0 Å². The van der Waals surface area contributed by atoms with Crippen molar-refractivity contribution in [3.05, 3.63) is 24.0 Å². The Bertz CT molecular complexity index is 505. The maximum absolute atomic E-state index is 11.3. The van der Waals surface area contributed by atoms with Crippen molar-refractivity contribution >= 4 is 5.97 Å². The molecule has 1 aliphatic heterocycles. The Morgan fingerprint density at radius 2 is 2.24 bits per heavy atom. The zero-order valence-corrected chi connectivity index (χ0v) is 13.0. The number of rotatable bonds is 2. The lowest BCUT2D eigenvalue weighted by Gasteiger charge is -2.38. The average Bonchev–Trinajstić information content (AvgIpc) is 3.00. The van der Waals surface area contributed by atoms with Crippen LogP contribution in [0.15, 0.2) is 24.0 Å². The van der Waals surface area contributed by atoms with E-state index in [0.717, 1.165) is 24.0 Å². The molecule has 0 bridgehead atoms. The van der Waals surface area contributed by atoms with Crippen LogP contribution < -0.4 is 0 Å². The summed E-state index contributed by atoms with van der Waals surface area (Å²) in [6, 6.07) is 0. The number of ether oxygens (including phenoxy) is 2. The molecule has 1 N–H and O–H groups in total. The molecule has 1 heterocycles. The van der Waals surface area contributed by atoms with E-state index in [-0.39, 0.29) is 29.8 Å². The maximum atomic E-state index is 11.3. The Kier molecular flexibility index (Phi) is 3.40. The van der Waals surface area contributed by atoms with E-state index < -0.39 is 6.29 Å². The molecule has 3 rings (SSSR count). The molecule has 0 saturated heterocycles. The summed E-state index contributed by atoms with van der Waals surface area (Å²) < 4.78 is 11.0. The van der Waals surface area contributed by atoms with E-state index in [2.05, 4.69) is 20.4 Å². The first kappa shape index (κ1) is 14.6. The van der Waals surface area contributed by atoms with Gasteiger partial charge in [0.05, 0.1) is 18.8 Å². The topological polar surface area (TPSA) is 55.8 Å². The van der Waals surface area contributed by atoms with Gasteiger partial charge in [-0.25, -0.2) is 0 Å². The van der Waals surface area contributed by atoms with Crippen LogP contribution in [0.25, 0.3) is 0 Å². The van der Waals surface area contributed by atoms with Crippen LogP contribution in [0.1, 0.15) is 33.6 Å². The lowest BCUT2D eigenvalue weighted by atomic mass is 9.75. The highest BCUT2D eigenvalue weighted by atomic mass is 16.7. The fourth-order valence-electron chi connectivity index (χ4n) is 4.58. The van der Waals surface area contributed by atoms with Gasteiger partial charge in [0.2, 0.25) is 6.29 Å². The van der Waals surface area contributed by atoms with Crippen molar-refractivity contribution in [2.24, 2.45) is 29.1 Å². The van der Waals surface area contributed by atoms with Crippen molar-refractivity contribution in [3.63, 3.8) is 0 Å². The van der Waals surface area contributed by atoms with Gasteiger partial charge in [-0.05, 0) is 35.7 Å². The van der Waals surface area contributed by atoms with Crippen LogP contribution in [0.3, 0.4) is 0 Å². The highest BCUT2D eigenvalue weighted by Gasteiger charge is 2.65. The summed E-state index contributed by atoms with van der Waals surface area (Å²) in [5.41, 5.74) is 2.26. The van der Waals surface area contributed by atoms with Gasteiger partial charge in [0.25, 0.3) is 0 Å². The molecule has 3 aliphatic rings. The number of fused-ring (bicyclic) bond motifs is 3. The Morgan fingerprint density at radius 1 is 1.52 bits per heavy atom. The minimum absolute atomic E-state index is 0.0134. The van der Waals surface area contributed by atoms with Gasteiger partial charge in [0.15, 0.2) is 0 Å². The third-order valence-electron chi connectivity index (χ3n) is 5.70. The molecular weight excluding hydrogens is 268 g/mol. The average molecular weight is 292 g/mol. The minimum atomic E-state index is -0.606. The maximum Gasteiger partial charge on any atom is 0.305 e. The number of hydrogen-bond donors (Lipinski definition) is 1. The van der Waals surface area contributed by atoms with Gasteiger partial charge in [-0.3, -0.25) is 4.79 Å². The molecule has 0 aromatic heterocycles. The van der Waals surface area contributed by atoms with Crippen molar-refractivity contribution in [3.8, 4) is 0 Å². The summed E-state index contributed by atoms with van der Waals surface area (Å²) in [4.78, 5) is 11.3. The summed E-state index contributed by atoms with van der Waals surface area (Å²) >= 11 is 0. The second kappa shape index (κ2) is 4.87. The van der Waals surface area contributed by atoms with E-state index in [1.165, 1.54) is 6.92 Å². The standard InChI is InChI=1S/C17H24O4/c1-9-5-6-12-15(17(12,3)4)14-11(7-18)8-20-16(13(9)14)21-10(2)19/h8,12-16,18H,1,5-7H2,2-4H3. The predicted molar refractivity (Wildman–Crippen MR) is 77.9 cm³/mol. The first-order valence-corrected chi connectivity index (χ1v) is 7.68. The molecule has 4 nitrogen and oxygen atoms in total. The van der Waals surface area contributed by atoms with Crippen molar-refractivity contribution < 1.29 is 19.4 Å². The molecule has 0 aromatic rings. The quantitative estimate of drug-likeness (QED) is 0.628. The Hall–Kier alpha value is -1.29. The number of aliphatic hydroxyl groups excluding tert-OH is 1. The summed E-state index contributed by atoms with van der Waals surface area (Å²) in [5, 5.41) is 9.70. The van der Waals surface area contributed by atoms with Crippen molar-refractivity contribution in [2.75, 3.05) is 6.61 Å². The molecule has 4 heteroatoms. The molecule has 2 fully saturated rings. The van der Waals surface area contributed by atoms with Gasteiger partial charge in [-0.1, -0.05) is 26.0 Å². The van der Waals surface area contributed by atoms with Gasteiger partial charge in [0.1, 0.15) is 0 Å². The molecule has 5 atom stereocenters. The number of esters is 1. The van der Waals surface area contributed by atoms with Crippen molar-refractivity contribution in [2.45, 2.75) is 39.9 Å². The minimum Gasteiger partial charge on any atom is -0.462 e. The van der Waals surface area contributed by atoms with E-state index in [9.17, 15) is 9.90 Å². The van der Waals surface area contributed by atoms with Crippen LogP contribution in [0.2, 0.25) is 0 Å². The van der Waals surface area contributed by atoms with Gasteiger partial charge in [0, 0.05) is 12.8 Å². The number of carbonyl (C=O) groups is 1. The number of hydrogen-bond acceptors (Lipinski definition) is 4. The zero-order chi connectivity index (χ0) is 15.4. The number of carbonyl (C=O) groups excluding carboxylic acids is 1. The Balaban J connectivity index is 1.98. The van der Waals surface area contributed by atoms with E-state index in [4.69, 9.17) is 9.47 Å². The van der Waals surface area contributed by atoms with Gasteiger partial charge >= 0.3 is 5.97 Å². The fraction of sp³-hybridized carbons (Fsp3) is 0.706. The molecule has 0 radical (unpaired) electrons. The molecule has 21 heavy (non-hydrogen) atoms. The third-order valence-corrected chi connectivity index (χ3v) is 5.70. The normalized spacial score (nSPS) is 40.1. The van der Waals surface area contributed by atoms with Crippen molar-refractivity contribution in [1.29, 1.82) is 0 Å². The van der Waals surface area contributed by atoms with Crippen LogP contribution in [0.5, 0.6) is 0 Å². The lowest BCUT2D eigenvalue weighted by molar-refractivity contribution is -0.181. The summed E-state index contributed by atoms with van der Waals surface area (Å²) in [7, 11) is 0. The highest BCUT2D eigenvalue weighted by molar-refractivity contribution is 5.66. The first-order chi connectivity index (χ1) is 9.87. The van der Waals surface area contributed by atoms with E-state index in [1.54, 1.807) is 6.26 Å². The van der Waals surface area contributed by atoms with Gasteiger partial charge in [-0.2, -0.15) is 0 Å². The van der Waals surface area contributed by atoms with E-state index in [1.807, 2.05) is 0 Å². The predicted octanol–water partition coefficient (Wildman–Crippen LogP) is 2.64. The van der Waals surface area contributed by atoms with Gasteiger partial charge in [-0.15, -0.1) is 0 Å². The molecular formula is C17H24O4. The van der Waals surface area contributed by atoms with Crippen molar-refractivity contribution in [1.82, 2.24) is 0 Å². The molecule has 0 amide bonds. The van der Waals surface area contributed by atoms with Crippen LogP contribution >= 0.6 is 0 Å². The molecule has 0 aromatic carbocycles. The summed E-state index contributed by atoms with van der Waals surface area (Å²) in [5.74, 6) is 0.932. The molecule has 2 aliphatic carbocycles. The fourth-order valence-corrected chi connectivity index (χ4v) is 4.58. The molecule has 5 unspecified atom stereocenters. The number of aliphatic hydroxyl groups is 1. The first-order valence-electron chi connectivity index (χ1n) is 7.68. The van der Waals surface area contributed by atoms with Crippen LogP contribution in [0, 0.1) is 29.1 Å².